The van der Waals surface area contributed by atoms with Crippen molar-refractivity contribution in [3.63, 3.8) is 0 Å². The van der Waals surface area contributed by atoms with Crippen LogP contribution in [0.1, 0.15) is 24.8 Å². The SMILES string of the molecule is Cn1ccnc1[C@H](O)[C@H]1CCCNC1. The maximum Gasteiger partial charge on any atom is 0.137 e. The van der Waals surface area contributed by atoms with Crippen molar-refractivity contribution in [3.8, 4) is 0 Å². The van der Waals surface area contributed by atoms with E-state index in [4.69, 9.17) is 0 Å². The third-order valence-corrected chi connectivity index (χ3v) is 2.90. The van der Waals surface area contributed by atoms with Gasteiger partial charge in [0.2, 0.25) is 0 Å². The molecule has 1 fully saturated rings. The molecule has 2 heterocycles. The van der Waals surface area contributed by atoms with Crippen molar-refractivity contribution in [2.75, 3.05) is 13.1 Å². The Morgan fingerprint density at radius 2 is 2.57 bits per heavy atom. The molecule has 1 aliphatic heterocycles. The third-order valence-electron chi connectivity index (χ3n) is 2.90. The molecule has 1 aliphatic rings. The van der Waals surface area contributed by atoms with Gasteiger partial charge in [-0.1, -0.05) is 0 Å². The van der Waals surface area contributed by atoms with E-state index < -0.39 is 6.10 Å². The molecule has 2 rings (SSSR count). The standard InChI is InChI=1S/C10H17N3O/c1-13-6-5-12-10(13)9(14)8-3-2-4-11-7-8/h5-6,8-9,11,14H,2-4,7H2,1H3/t8-,9+/m0/s1. The fourth-order valence-electron chi connectivity index (χ4n) is 2.02. The quantitative estimate of drug-likeness (QED) is 0.720. The molecule has 4 nitrogen and oxygen atoms in total. The second-order valence-electron chi connectivity index (χ2n) is 3.95. The Morgan fingerprint density at radius 1 is 1.71 bits per heavy atom. The van der Waals surface area contributed by atoms with Gasteiger partial charge in [-0.05, 0) is 19.4 Å². The first kappa shape index (κ1) is 9.68. The number of nitrogens with one attached hydrogen (secondary N) is 1. The van der Waals surface area contributed by atoms with Gasteiger partial charge < -0.3 is 15.0 Å². The minimum Gasteiger partial charge on any atom is -0.385 e. The smallest absolute Gasteiger partial charge is 0.137 e. The van der Waals surface area contributed by atoms with Gasteiger partial charge in [-0.2, -0.15) is 0 Å². The Kier molecular flexibility index (Phi) is 2.84. The Balaban J connectivity index is 2.07. The van der Waals surface area contributed by atoms with Gasteiger partial charge in [-0.15, -0.1) is 0 Å². The van der Waals surface area contributed by atoms with E-state index in [0.29, 0.717) is 5.92 Å². The lowest BCUT2D eigenvalue weighted by molar-refractivity contribution is 0.0819. The summed E-state index contributed by atoms with van der Waals surface area (Å²) in [6, 6.07) is 0. The molecule has 0 radical (unpaired) electrons. The van der Waals surface area contributed by atoms with Gasteiger partial charge >= 0.3 is 0 Å². The Labute approximate surface area is 84.0 Å². The summed E-state index contributed by atoms with van der Waals surface area (Å²) in [6.07, 6.45) is 5.40. The van der Waals surface area contributed by atoms with Gasteiger partial charge in [0.15, 0.2) is 0 Å². The number of hydrogen-bond acceptors (Lipinski definition) is 3. The normalized spacial score (nSPS) is 24.9. The maximum atomic E-state index is 10.1. The minimum atomic E-state index is -0.428. The topological polar surface area (TPSA) is 50.1 Å². The zero-order valence-corrected chi connectivity index (χ0v) is 8.48. The molecule has 0 bridgehead atoms. The van der Waals surface area contributed by atoms with Crippen molar-refractivity contribution in [1.82, 2.24) is 14.9 Å². The first-order valence-electron chi connectivity index (χ1n) is 5.15. The number of aliphatic hydroxyl groups is 1. The van der Waals surface area contributed by atoms with E-state index in [1.54, 1.807) is 6.20 Å². The van der Waals surface area contributed by atoms with Crippen molar-refractivity contribution in [2.45, 2.75) is 18.9 Å². The molecule has 0 aromatic carbocycles. The number of aryl methyl sites for hydroxylation is 1. The summed E-state index contributed by atoms with van der Waals surface area (Å²) < 4.78 is 1.89. The first-order valence-corrected chi connectivity index (χ1v) is 5.15. The summed E-state index contributed by atoms with van der Waals surface area (Å²) in [4.78, 5) is 4.18. The number of nitrogens with zero attached hydrogens (tertiary/aromatic N) is 2. The van der Waals surface area contributed by atoms with Crippen molar-refractivity contribution >= 4 is 0 Å². The van der Waals surface area contributed by atoms with Gasteiger partial charge in [-0.3, -0.25) is 0 Å². The second-order valence-corrected chi connectivity index (χ2v) is 3.95. The van der Waals surface area contributed by atoms with Crippen molar-refractivity contribution in [2.24, 2.45) is 13.0 Å². The fourth-order valence-corrected chi connectivity index (χ4v) is 2.02. The van der Waals surface area contributed by atoms with Crippen LogP contribution in [0.3, 0.4) is 0 Å². The van der Waals surface area contributed by atoms with E-state index in [1.165, 1.54) is 0 Å². The predicted molar refractivity (Wildman–Crippen MR) is 53.8 cm³/mol. The zero-order valence-electron chi connectivity index (χ0n) is 8.48. The number of rotatable bonds is 2. The lowest BCUT2D eigenvalue weighted by atomic mass is 9.93. The van der Waals surface area contributed by atoms with E-state index in [1.807, 2.05) is 17.8 Å². The largest absolute Gasteiger partial charge is 0.385 e. The van der Waals surface area contributed by atoms with Crippen LogP contribution in [0, 0.1) is 5.92 Å². The number of aliphatic hydroxyl groups excluding tert-OH is 1. The number of piperidine rings is 1. The van der Waals surface area contributed by atoms with Crippen molar-refractivity contribution < 1.29 is 5.11 Å². The Bertz CT molecular complexity index is 291. The van der Waals surface area contributed by atoms with Crippen LogP contribution in [-0.4, -0.2) is 27.7 Å². The molecule has 2 atom stereocenters. The highest BCUT2D eigenvalue weighted by atomic mass is 16.3. The molecule has 4 heteroatoms. The van der Waals surface area contributed by atoms with Gasteiger partial charge in [0, 0.05) is 31.9 Å². The van der Waals surface area contributed by atoms with E-state index in [0.717, 1.165) is 31.8 Å². The first-order chi connectivity index (χ1) is 6.79. The molecule has 1 aromatic heterocycles. The van der Waals surface area contributed by atoms with E-state index >= 15 is 0 Å². The lowest BCUT2D eigenvalue weighted by Crippen LogP contribution is -2.34. The second kappa shape index (κ2) is 4.11. The van der Waals surface area contributed by atoms with Crippen LogP contribution in [0.2, 0.25) is 0 Å². The zero-order chi connectivity index (χ0) is 9.97. The van der Waals surface area contributed by atoms with Crippen LogP contribution in [-0.2, 0) is 7.05 Å². The summed E-state index contributed by atoms with van der Waals surface area (Å²) in [5.41, 5.74) is 0. The maximum absolute atomic E-state index is 10.1. The third kappa shape index (κ3) is 1.81. The molecule has 0 amide bonds. The van der Waals surface area contributed by atoms with Gasteiger partial charge in [-0.25, -0.2) is 4.98 Å². The molecule has 0 spiro atoms. The summed E-state index contributed by atoms with van der Waals surface area (Å²) in [7, 11) is 1.92. The molecule has 1 aromatic rings. The van der Waals surface area contributed by atoms with Crippen LogP contribution in [0.5, 0.6) is 0 Å². The highest BCUT2D eigenvalue weighted by Gasteiger charge is 2.25. The number of imidazole rings is 1. The summed E-state index contributed by atoms with van der Waals surface area (Å²) in [6.45, 7) is 1.97. The average molecular weight is 195 g/mol. The molecular formula is C10H17N3O. The van der Waals surface area contributed by atoms with Crippen LogP contribution in [0.25, 0.3) is 0 Å². The molecule has 0 aliphatic carbocycles. The highest BCUT2D eigenvalue weighted by Crippen LogP contribution is 2.25. The predicted octanol–water partition coefficient (Wildman–Crippen LogP) is 0.453. The summed E-state index contributed by atoms with van der Waals surface area (Å²) in [5, 5.41) is 13.4. The monoisotopic (exact) mass is 195 g/mol. The van der Waals surface area contributed by atoms with Crippen LogP contribution >= 0.6 is 0 Å². The lowest BCUT2D eigenvalue weighted by Gasteiger charge is -2.26. The van der Waals surface area contributed by atoms with Gasteiger partial charge in [0.1, 0.15) is 11.9 Å². The summed E-state index contributed by atoms with van der Waals surface area (Å²) >= 11 is 0. The number of aromatic nitrogens is 2. The van der Waals surface area contributed by atoms with E-state index in [9.17, 15) is 5.11 Å². The molecule has 0 saturated carbocycles. The fraction of sp³-hybridized carbons (Fsp3) is 0.700. The van der Waals surface area contributed by atoms with Crippen molar-refractivity contribution in [3.05, 3.63) is 18.2 Å². The molecule has 1 saturated heterocycles. The van der Waals surface area contributed by atoms with E-state index in [-0.39, 0.29) is 0 Å². The molecule has 0 unspecified atom stereocenters. The van der Waals surface area contributed by atoms with Crippen LogP contribution in [0.4, 0.5) is 0 Å². The van der Waals surface area contributed by atoms with Crippen molar-refractivity contribution in [1.29, 1.82) is 0 Å². The Hall–Kier alpha value is -0.870. The van der Waals surface area contributed by atoms with Crippen LogP contribution in [0.15, 0.2) is 12.4 Å². The summed E-state index contributed by atoms with van der Waals surface area (Å²) in [5.74, 6) is 1.09. The minimum absolute atomic E-state index is 0.310. The Morgan fingerprint density at radius 3 is 3.14 bits per heavy atom. The average Bonchev–Trinajstić information content (AvgIpc) is 2.65. The molecule has 14 heavy (non-hydrogen) atoms. The molecule has 2 N–H and O–H groups in total. The highest BCUT2D eigenvalue weighted by molar-refractivity contribution is 4.98. The molecular weight excluding hydrogens is 178 g/mol. The molecule has 78 valence electrons. The van der Waals surface area contributed by atoms with Gasteiger partial charge in [0.05, 0.1) is 0 Å². The van der Waals surface area contributed by atoms with E-state index in [2.05, 4.69) is 10.3 Å². The number of hydrogen-bond donors (Lipinski definition) is 2. The van der Waals surface area contributed by atoms with Crippen LogP contribution < -0.4 is 5.32 Å². The van der Waals surface area contributed by atoms with Gasteiger partial charge in [0.25, 0.3) is 0 Å².